The van der Waals surface area contributed by atoms with Crippen LogP contribution in [-0.4, -0.2) is 67.4 Å². The third kappa shape index (κ3) is 6.64. The van der Waals surface area contributed by atoms with Gasteiger partial charge in [0.2, 0.25) is 11.8 Å². The van der Waals surface area contributed by atoms with E-state index in [-0.39, 0.29) is 17.5 Å². The third-order valence-electron chi connectivity index (χ3n) is 4.08. The molecule has 0 atom stereocenters. The van der Waals surface area contributed by atoms with Crippen molar-refractivity contribution in [2.24, 2.45) is 0 Å². The van der Waals surface area contributed by atoms with Gasteiger partial charge in [0.25, 0.3) is 0 Å². The summed E-state index contributed by atoms with van der Waals surface area (Å²) in [7, 11) is 0. The molecule has 1 aliphatic heterocycles. The molecule has 0 unspecified atom stereocenters. The highest BCUT2D eigenvalue weighted by atomic mass is 19.1. The summed E-state index contributed by atoms with van der Waals surface area (Å²) in [5.41, 5.74) is 0.211. The highest BCUT2D eigenvalue weighted by molar-refractivity contribution is 5.90. The molecule has 2 N–H and O–H groups in total. The molecule has 0 aliphatic carbocycles. The van der Waals surface area contributed by atoms with E-state index in [9.17, 15) is 14.0 Å². The molecule has 136 valence electrons. The topological polar surface area (TPSA) is 64.7 Å². The van der Waals surface area contributed by atoms with E-state index < -0.39 is 5.82 Å². The van der Waals surface area contributed by atoms with Gasteiger partial charge in [0, 0.05) is 45.7 Å². The molecule has 0 saturated carbocycles. The lowest BCUT2D eigenvalue weighted by molar-refractivity contribution is -0.122. The van der Waals surface area contributed by atoms with Crippen molar-refractivity contribution in [1.29, 1.82) is 0 Å². The number of anilines is 1. The van der Waals surface area contributed by atoms with Crippen LogP contribution in [-0.2, 0) is 9.59 Å². The summed E-state index contributed by atoms with van der Waals surface area (Å²) in [5, 5.41) is 5.36. The van der Waals surface area contributed by atoms with Crippen molar-refractivity contribution in [3.8, 4) is 0 Å². The van der Waals surface area contributed by atoms with E-state index >= 15 is 0 Å². The fourth-order valence-electron chi connectivity index (χ4n) is 2.65. The molecule has 1 aliphatic rings. The summed E-state index contributed by atoms with van der Waals surface area (Å²) in [4.78, 5) is 27.9. The Balaban J connectivity index is 1.65. The Hall–Kier alpha value is -2.25. The number of amides is 2. The van der Waals surface area contributed by atoms with Gasteiger partial charge in [-0.1, -0.05) is 18.2 Å². The molecule has 25 heavy (non-hydrogen) atoms. The first-order chi connectivity index (χ1) is 12.1. The van der Waals surface area contributed by atoms with Crippen LogP contribution in [0.15, 0.2) is 36.9 Å². The number of benzene rings is 1. The van der Waals surface area contributed by atoms with Crippen molar-refractivity contribution in [3.63, 3.8) is 0 Å². The Morgan fingerprint density at radius 3 is 2.48 bits per heavy atom. The van der Waals surface area contributed by atoms with Gasteiger partial charge < -0.3 is 15.5 Å². The maximum atomic E-state index is 13.5. The maximum absolute atomic E-state index is 13.5. The molecule has 2 amide bonds. The number of piperazine rings is 1. The minimum atomic E-state index is -0.431. The number of halogens is 1. The van der Waals surface area contributed by atoms with Crippen LogP contribution in [0.3, 0.4) is 0 Å². The second kappa shape index (κ2) is 9.90. The molecular weight excluding hydrogens is 323 g/mol. The Morgan fingerprint density at radius 1 is 1.12 bits per heavy atom. The van der Waals surface area contributed by atoms with Gasteiger partial charge in [-0.15, -0.1) is 6.58 Å². The molecule has 0 aromatic heterocycles. The van der Waals surface area contributed by atoms with Crippen LogP contribution in [0.4, 0.5) is 10.1 Å². The number of hydrogen-bond donors (Lipinski definition) is 2. The summed E-state index contributed by atoms with van der Waals surface area (Å²) < 4.78 is 13.5. The predicted molar refractivity (Wildman–Crippen MR) is 95.7 cm³/mol. The summed E-state index contributed by atoms with van der Waals surface area (Å²) >= 11 is 0. The zero-order valence-electron chi connectivity index (χ0n) is 14.3. The van der Waals surface area contributed by atoms with E-state index in [4.69, 9.17) is 0 Å². The number of carbonyl (C=O) groups excluding carboxylic acids is 2. The molecule has 1 aromatic carbocycles. The average Bonchev–Trinajstić information content (AvgIpc) is 2.61. The van der Waals surface area contributed by atoms with Crippen molar-refractivity contribution < 1.29 is 14.0 Å². The average molecular weight is 348 g/mol. The molecule has 1 saturated heterocycles. The molecular formula is C18H25FN4O2. The van der Waals surface area contributed by atoms with E-state index in [2.05, 4.69) is 27.0 Å². The molecule has 0 spiro atoms. The van der Waals surface area contributed by atoms with Crippen LogP contribution in [0.2, 0.25) is 0 Å². The van der Waals surface area contributed by atoms with Gasteiger partial charge in [-0.3, -0.25) is 14.5 Å². The number of nitrogens with one attached hydrogen (secondary N) is 2. The smallest absolute Gasteiger partial charge is 0.234 e. The molecule has 2 rings (SSSR count). The molecule has 0 bridgehead atoms. The fourth-order valence-corrected chi connectivity index (χ4v) is 2.65. The second-order valence-electron chi connectivity index (χ2n) is 5.99. The summed E-state index contributed by atoms with van der Waals surface area (Å²) in [6.45, 7) is 8.25. The largest absolute Gasteiger partial charge is 0.352 e. The first kappa shape index (κ1) is 19.1. The second-order valence-corrected chi connectivity index (χ2v) is 5.99. The zero-order chi connectivity index (χ0) is 18.1. The van der Waals surface area contributed by atoms with Crippen molar-refractivity contribution in [1.82, 2.24) is 15.1 Å². The summed E-state index contributed by atoms with van der Waals surface area (Å²) in [6, 6.07) is 6.13. The molecule has 7 heteroatoms. The lowest BCUT2D eigenvalue weighted by atomic mass is 10.2. The Kier molecular flexibility index (Phi) is 7.56. The lowest BCUT2D eigenvalue weighted by Crippen LogP contribution is -2.49. The normalized spacial score (nSPS) is 15.6. The third-order valence-corrected chi connectivity index (χ3v) is 4.08. The number of para-hydroxylation sites is 1. The number of nitrogens with zero attached hydrogens (tertiary/aromatic N) is 2. The molecule has 1 heterocycles. The highest BCUT2D eigenvalue weighted by Crippen LogP contribution is 2.12. The van der Waals surface area contributed by atoms with E-state index in [1.807, 2.05) is 0 Å². The van der Waals surface area contributed by atoms with Crippen LogP contribution in [0.5, 0.6) is 0 Å². The standard InChI is InChI=1S/C18H25FN4O2/c1-2-8-20-18(25)14-23-12-10-22(11-13-23)9-7-17(24)21-16-6-4-3-5-15(16)19/h2-6H,1,7-14H2,(H,20,25)(H,21,24). The van der Waals surface area contributed by atoms with E-state index in [0.29, 0.717) is 26.1 Å². The highest BCUT2D eigenvalue weighted by Gasteiger charge is 2.19. The van der Waals surface area contributed by atoms with Crippen LogP contribution in [0.1, 0.15) is 6.42 Å². The number of hydrogen-bond acceptors (Lipinski definition) is 4. The molecule has 1 aromatic rings. The van der Waals surface area contributed by atoms with Crippen molar-refractivity contribution in [2.75, 3.05) is 51.1 Å². The quantitative estimate of drug-likeness (QED) is 0.690. The van der Waals surface area contributed by atoms with Gasteiger partial charge in [-0.05, 0) is 12.1 Å². The predicted octanol–water partition coefficient (Wildman–Crippen LogP) is 1.07. The minimum Gasteiger partial charge on any atom is -0.352 e. The first-order valence-electron chi connectivity index (χ1n) is 8.45. The minimum absolute atomic E-state index is 0.00221. The van der Waals surface area contributed by atoms with Gasteiger partial charge in [0.1, 0.15) is 5.82 Å². The van der Waals surface area contributed by atoms with Crippen molar-refractivity contribution in [3.05, 3.63) is 42.7 Å². The number of rotatable bonds is 8. The van der Waals surface area contributed by atoms with Crippen LogP contribution in [0, 0.1) is 5.82 Å². The van der Waals surface area contributed by atoms with Gasteiger partial charge in [-0.2, -0.15) is 0 Å². The Bertz CT molecular complexity index is 600. The maximum Gasteiger partial charge on any atom is 0.234 e. The monoisotopic (exact) mass is 348 g/mol. The molecule has 1 fully saturated rings. The van der Waals surface area contributed by atoms with Crippen LogP contribution < -0.4 is 10.6 Å². The van der Waals surface area contributed by atoms with E-state index in [1.165, 1.54) is 6.07 Å². The van der Waals surface area contributed by atoms with Crippen LogP contribution >= 0.6 is 0 Å². The fraction of sp³-hybridized carbons (Fsp3) is 0.444. The number of carbonyl (C=O) groups is 2. The summed E-state index contributed by atoms with van der Waals surface area (Å²) in [5.74, 6) is -0.631. The van der Waals surface area contributed by atoms with Crippen molar-refractivity contribution in [2.45, 2.75) is 6.42 Å². The first-order valence-corrected chi connectivity index (χ1v) is 8.45. The van der Waals surface area contributed by atoms with Gasteiger partial charge in [0.15, 0.2) is 0 Å². The van der Waals surface area contributed by atoms with E-state index in [1.54, 1.807) is 24.3 Å². The van der Waals surface area contributed by atoms with Gasteiger partial charge >= 0.3 is 0 Å². The van der Waals surface area contributed by atoms with Gasteiger partial charge in [0.05, 0.1) is 12.2 Å². The van der Waals surface area contributed by atoms with Crippen LogP contribution in [0.25, 0.3) is 0 Å². The van der Waals surface area contributed by atoms with Crippen molar-refractivity contribution >= 4 is 17.5 Å². The lowest BCUT2D eigenvalue weighted by Gasteiger charge is -2.34. The Morgan fingerprint density at radius 2 is 1.80 bits per heavy atom. The summed E-state index contributed by atoms with van der Waals surface area (Å²) in [6.07, 6.45) is 1.97. The Labute approximate surface area is 147 Å². The van der Waals surface area contributed by atoms with Gasteiger partial charge in [-0.25, -0.2) is 4.39 Å². The molecule has 0 radical (unpaired) electrons. The van der Waals surface area contributed by atoms with E-state index in [0.717, 1.165) is 26.2 Å². The molecule has 6 nitrogen and oxygen atoms in total. The SMILES string of the molecule is C=CCNC(=O)CN1CCN(CCC(=O)Nc2ccccc2F)CC1. The zero-order valence-corrected chi connectivity index (χ0v) is 14.3.